The lowest BCUT2D eigenvalue weighted by Crippen LogP contribution is -2.38. The van der Waals surface area contributed by atoms with Gasteiger partial charge in [0, 0.05) is 6.54 Å². The maximum absolute atomic E-state index is 11.7. The van der Waals surface area contributed by atoms with Crippen LogP contribution in [-0.4, -0.2) is 44.7 Å². The molecule has 0 spiro atoms. The summed E-state index contributed by atoms with van der Waals surface area (Å²) >= 11 is 0. The lowest BCUT2D eigenvalue weighted by molar-refractivity contribution is -0.146. The summed E-state index contributed by atoms with van der Waals surface area (Å²) in [5.74, 6) is -2.73. The van der Waals surface area contributed by atoms with Crippen LogP contribution in [0.25, 0.3) is 0 Å². The Morgan fingerprint density at radius 3 is 2.44 bits per heavy atom. The molecule has 8 heteroatoms. The van der Waals surface area contributed by atoms with Gasteiger partial charge in [0.2, 0.25) is 15.9 Å². The average Bonchev–Trinajstić information content (AvgIpc) is 2.77. The van der Waals surface area contributed by atoms with Gasteiger partial charge in [0.1, 0.15) is 0 Å². The molecule has 1 aliphatic rings. The number of carbonyl (C=O) groups is 2. The van der Waals surface area contributed by atoms with Crippen LogP contribution in [0.3, 0.4) is 0 Å². The van der Waals surface area contributed by atoms with Crippen molar-refractivity contribution in [2.24, 2.45) is 11.8 Å². The average molecular weight is 278 g/mol. The van der Waals surface area contributed by atoms with Gasteiger partial charge >= 0.3 is 5.97 Å². The Kier molecular flexibility index (Phi) is 5.09. The summed E-state index contributed by atoms with van der Waals surface area (Å²) in [7, 11) is -2.05. The minimum Gasteiger partial charge on any atom is -0.481 e. The third kappa shape index (κ3) is 3.95. The second-order valence-corrected chi connectivity index (χ2v) is 6.34. The maximum Gasteiger partial charge on any atom is 0.307 e. The minimum atomic E-state index is -3.35. The van der Waals surface area contributed by atoms with Gasteiger partial charge in [-0.3, -0.25) is 9.59 Å². The molecule has 18 heavy (non-hydrogen) atoms. The number of aliphatic carboxylic acids is 1. The Labute approximate surface area is 106 Å². The van der Waals surface area contributed by atoms with Crippen LogP contribution in [0.15, 0.2) is 0 Å². The molecule has 0 aromatic carbocycles. The maximum atomic E-state index is 11.7. The molecule has 2 atom stereocenters. The topological polar surface area (TPSA) is 113 Å². The summed E-state index contributed by atoms with van der Waals surface area (Å²) in [6.07, 6.45) is 1.76. The Hall–Kier alpha value is -1.15. The fraction of sp³-hybridized carbons (Fsp3) is 0.800. The summed E-state index contributed by atoms with van der Waals surface area (Å²) < 4.78 is 24.4. The van der Waals surface area contributed by atoms with Crippen LogP contribution in [0.1, 0.15) is 19.3 Å². The van der Waals surface area contributed by atoms with Crippen LogP contribution in [-0.2, 0) is 19.6 Å². The molecule has 1 aliphatic carbocycles. The molecule has 0 aliphatic heterocycles. The van der Waals surface area contributed by atoms with Crippen molar-refractivity contribution in [3.8, 4) is 0 Å². The van der Waals surface area contributed by atoms with Crippen molar-refractivity contribution in [2.75, 3.05) is 19.3 Å². The molecule has 7 nitrogen and oxygen atoms in total. The summed E-state index contributed by atoms with van der Waals surface area (Å²) in [6.45, 7) is -0.00908. The highest BCUT2D eigenvalue weighted by Gasteiger charge is 2.37. The fourth-order valence-electron chi connectivity index (χ4n) is 2.11. The van der Waals surface area contributed by atoms with Gasteiger partial charge in [0.25, 0.3) is 0 Å². The number of amides is 1. The quantitative estimate of drug-likeness (QED) is 0.586. The van der Waals surface area contributed by atoms with Gasteiger partial charge in [-0.2, -0.15) is 0 Å². The summed E-state index contributed by atoms with van der Waals surface area (Å²) in [6, 6.07) is 0. The first-order chi connectivity index (χ1) is 8.37. The standard InChI is InChI=1S/C10H18N2O5S/c1-11-18(16,17)6-5-12-9(13)7-3-2-4-8(7)10(14)15/h7-8,11H,2-6H2,1H3,(H,12,13)(H,14,15). The van der Waals surface area contributed by atoms with Crippen LogP contribution < -0.4 is 10.0 Å². The molecule has 1 rings (SSSR count). The van der Waals surface area contributed by atoms with E-state index in [0.29, 0.717) is 19.3 Å². The number of carboxylic acid groups (broad SMARTS) is 1. The number of hydrogen-bond acceptors (Lipinski definition) is 4. The van der Waals surface area contributed by atoms with Crippen LogP contribution >= 0.6 is 0 Å². The predicted molar refractivity (Wildman–Crippen MR) is 64.3 cm³/mol. The molecular weight excluding hydrogens is 260 g/mol. The zero-order valence-corrected chi connectivity index (χ0v) is 11.0. The molecule has 1 saturated carbocycles. The Balaban J connectivity index is 2.44. The van der Waals surface area contributed by atoms with E-state index >= 15 is 0 Å². The molecule has 0 bridgehead atoms. The van der Waals surface area contributed by atoms with E-state index in [1.807, 2.05) is 0 Å². The van der Waals surface area contributed by atoms with E-state index < -0.39 is 27.8 Å². The van der Waals surface area contributed by atoms with Gasteiger partial charge < -0.3 is 10.4 Å². The van der Waals surface area contributed by atoms with Gasteiger partial charge in [-0.1, -0.05) is 6.42 Å². The molecular formula is C10H18N2O5S. The van der Waals surface area contributed by atoms with Crippen molar-refractivity contribution in [2.45, 2.75) is 19.3 Å². The first-order valence-corrected chi connectivity index (χ1v) is 7.44. The highest BCUT2D eigenvalue weighted by molar-refractivity contribution is 7.89. The molecule has 1 fully saturated rings. The van der Waals surface area contributed by atoms with Crippen molar-refractivity contribution in [1.29, 1.82) is 0 Å². The van der Waals surface area contributed by atoms with E-state index in [2.05, 4.69) is 10.0 Å². The van der Waals surface area contributed by atoms with E-state index in [0.717, 1.165) is 0 Å². The van der Waals surface area contributed by atoms with Gasteiger partial charge in [-0.25, -0.2) is 13.1 Å². The highest BCUT2D eigenvalue weighted by Crippen LogP contribution is 2.31. The molecule has 0 saturated heterocycles. The Morgan fingerprint density at radius 1 is 1.28 bits per heavy atom. The third-order valence-electron chi connectivity index (χ3n) is 3.15. The summed E-state index contributed by atoms with van der Waals surface area (Å²) in [4.78, 5) is 22.7. The number of sulfonamides is 1. The number of nitrogens with one attached hydrogen (secondary N) is 2. The Morgan fingerprint density at radius 2 is 1.89 bits per heavy atom. The lowest BCUT2D eigenvalue weighted by atomic mass is 9.95. The minimum absolute atomic E-state index is 0.00908. The Bertz CT molecular complexity index is 420. The van der Waals surface area contributed by atoms with E-state index in [4.69, 9.17) is 5.11 Å². The zero-order valence-electron chi connectivity index (χ0n) is 10.2. The largest absolute Gasteiger partial charge is 0.481 e. The molecule has 3 N–H and O–H groups in total. The normalized spacial score (nSPS) is 23.8. The van der Waals surface area contributed by atoms with E-state index in [-0.39, 0.29) is 18.2 Å². The fourth-order valence-corrected chi connectivity index (χ4v) is 2.69. The van der Waals surface area contributed by atoms with E-state index in [1.54, 1.807) is 0 Å². The number of carbonyl (C=O) groups excluding carboxylic acids is 1. The van der Waals surface area contributed by atoms with Crippen molar-refractivity contribution in [3.63, 3.8) is 0 Å². The lowest BCUT2D eigenvalue weighted by Gasteiger charge is -2.15. The molecule has 1 amide bonds. The van der Waals surface area contributed by atoms with Crippen molar-refractivity contribution in [3.05, 3.63) is 0 Å². The monoisotopic (exact) mass is 278 g/mol. The van der Waals surface area contributed by atoms with E-state index in [9.17, 15) is 18.0 Å². The third-order valence-corrected chi connectivity index (χ3v) is 4.51. The number of hydrogen-bond donors (Lipinski definition) is 3. The predicted octanol–water partition coefficient (Wildman–Crippen LogP) is -0.847. The molecule has 2 unspecified atom stereocenters. The van der Waals surface area contributed by atoms with Crippen LogP contribution in [0.2, 0.25) is 0 Å². The van der Waals surface area contributed by atoms with Gasteiger partial charge in [-0.05, 0) is 19.9 Å². The van der Waals surface area contributed by atoms with Gasteiger partial charge in [0.05, 0.1) is 17.6 Å². The summed E-state index contributed by atoms with van der Waals surface area (Å²) in [5.41, 5.74) is 0. The van der Waals surface area contributed by atoms with Crippen molar-refractivity contribution < 1.29 is 23.1 Å². The van der Waals surface area contributed by atoms with Crippen LogP contribution in [0, 0.1) is 11.8 Å². The SMILES string of the molecule is CNS(=O)(=O)CCNC(=O)C1CCCC1C(=O)O. The van der Waals surface area contributed by atoms with Gasteiger partial charge in [-0.15, -0.1) is 0 Å². The molecule has 0 heterocycles. The highest BCUT2D eigenvalue weighted by atomic mass is 32.2. The first-order valence-electron chi connectivity index (χ1n) is 5.79. The van der Waals surface area contributed by atoms with Crippen molar-refractivity contribution in [1.82, 2.24) is 10.0 Å². The first kappa shape index (κ1) is 14.9. The summed E-state index contributed by atoms with van der Waals surface area (Å²) in [5, 5.41) is 11.4. The van der Waals surface area contributed by atoms with Crippen LogP contribution in [0.4, 0.5) is 0 Å². The van der Waals surface area contributed by atoms with Crippen molar-refractivity contribution >= 4 is 21.9 Å². The van der Waals surface area contributed by atoms with E-state index in [1.165, 1.54) is 7.05 Å². The zero-order chi connectivity index (χ0) is 13.8. The molecule has 0 aromatic heterocycles. The smallest absolute Gasteiger partial charge is 0.307 e. The molecule has 0 radical (unpaired) electrons. The molecule has 104 valence electrons. The second kappa shape index (κ2) is 6.14. The number of rotatable bonds is 6. The number of carboxylic acids is 1. The van der Waals surface area contributed by atoms with Crippen LogP contribution in [0.5, 0.6) is 0 Å². The molecule has 0 aromatic rings. The van der Waals surface area contributed by atoms with Gasteiger partial charge in [0.15, 0.2) is 0 Å². The second-order valence-electron chi connectivity index (χ2n) is 4.30.